The number of halogens is 2. The summed E-state index contributed by atoms with van der Waals surface area (Å²) in [7, 11) is 0. The van der Waals surface area contributed by atoms with Crippen LogP contribution in [0.25, 0.3) is 0 Å². The standard InChI is InChI=1S/C10H17N2.2BrH/c1-9(2)10-3-6-12(7-4-10)8-5-11;;/h3-4,6-7,9H,5,8,11H2,1-2H3;2*1H/q+1;;. The SMILES string of the molecule is Br.Br.CC(C)c1cc[n+](CCN)cc1. The highest BCUT2D eigenvalue weighted by atomic mass is 79.9. The molecule has 0 aliphatic carbocycles. The van der Waals surface area contributed by atoms with Gasteiger partial charge in [-0.2, -0.15) is 0 Å². The minimum Gasteiger partial charge on any atom is -0.325 e. The number of rotatable bonds is 3. The molecule has 0 radical (unpaired) electrons. The van der Waals surface area contributed by atoms with Gasteiger partial charge in [-0.1, -0.05) is 13.8 Å². The molecule has 0 bridgehead atoms. The number of pyridine rings is 1. The molecule has 1 aromatic heterocycles. The van der Waals surface area contributed by atoms with Crippen molar-refractivity contribution < 1.29 is 4.57 Å². The maximum absolute atomic E-state index is 5.44. The van der Waals surface area contributed by atoms with Crippen molar-refractivity contribution in [1.82, 2.24) is 0 Å². The van der Waals surface area contributed by atoms with Crippen molar-refractivity contribution in [3.8, 4) is 0 Å². The van der Waals surface area contributed by atoms with Crippen molar-refractivity contribution in [2.75, 3.05) is 6.54 Å². The first-order chi connectivity index (χ1) is 5.74. The van der Waals surface area contributed by atoms with E-state index < -0.39 is 0 Å². The van der Waals surface area contributed by atoms with E-state index in [1.165, 1.54) is 5.56 Å². The van der Waals surface area contributed by atoms with Gasteiger partial charge in [-0.05, 0) is 11.5 Å². The van der Waals surface area contributed by atoms with Gasteiger partial charge in [-0.3, -0.25) is 0 Å². The third-order valence-electron chi connectivity index (χ3n) is 1.97. The normalized spacial score (nSPS) is 9.14. The highest BCUT2D eigenvalue weighted by Crippen LogP contribution is 2.10. The number of hydrogen-bond donors (Lipinski definition) is 1. The lowest BCUT2D eigenvalue weighted by Crippen LogP contribution is -2.36. The summed E-state index contributed by atoms with van der Waals surface area (Å²) < 4.78 is 2.10. The van der Waals surface area contributed by atoms with Crippen molar-refractivity contribution in [3.63, 3.8) is 0 Å². The Bertz CT molecular complexity index is 234. The van der Waals surface area contributed by atoms with Gasteiger partial charge in [0, 0.05) is 12.1 Å². The monoisotopic (exact) mass is 325 g/mol. The second kappa shape index (κ2) is 8.38. The van der Waals surface area contributed by atoms with E-state index in [0.29, 0.717) is 12.5 Å². The molecule has 1 aromatic rings. The topological polar surface area (TPSA) is 29.9 Å². The summed E-state index contributed by atoms with van der Waals surface area (Å²) >= 11 is 0. The average Bonchev–Trinajstić information content (AvgIpc) is 2.06. The van der Waals surface area contributed by atoms with Gasteiger partial charge >= 0.3 is 0 Å². The lowest BCUT2D eigenvalue weighted by Gasteiger charge is -2.02. The largest absolute Gasteiger partial charge is 0.325 e. The summed E-state index contributed by atoms with van der Waals surface area (Å²) in [6.07, 6.45) is 4.17. The summed E-state index contributed by atoms with van der Waals surface area (Å²) in [6, 6.07) is 4.31. The molecule has 0 aliphatic heterocycles. The molecule has 14 heavy (non-hydrogen) atoms. The van der Waals surface area contributed by atoms with Crippen LogP contribution in [0.15, 0.2) is 24.5 Å². The zero-order valence-corrected chi connectivity index (χ0v) is 12.1. The quantitative estimate of drug-likeness (QED) is 0.848. The summed E-state index contributed by atoms with van der Waals surface area (Å²) in [5, 5.41) is 0. The first-order valence-corrected chi connectivity index (χ1v) is 4.43. The molecule has 0 fully saturated rings. The lowest BCUT2D eigenvalue weighted by molar-refractivity contribution is -0.694. The van der Waals surface area contributed by atoms with Gasteiger partial charge in [0.05, 0.1) is 6.54 Å². The first-order valence-electron chi connectivity index (χ1n) is 4.43. The third-order valence-corrected chi connectivity index (χ3v) is 1.97. The fourth-order valence-corrected chi connectivity index (χ4v) is 1.15. The van der Waals surface area contributed by atoms with Crippen molar-refractivity contribution in [2.24, 2.45) is 5.73 Å². The highest BCUT2D eigenvalue weighted by molar-refractivity contribution is 8.93. The van der Waals surface area contributed by atoms with Crippen LogP contribution in [0.2, 0.25) is 0 Å². The van der Waals surface area contributed by atoms with E-state index in [9.17, 15) is 0 Å². The van der Waals surface area contributed by atoms with Crippen molar-refractivity contribution in [3.05, 3.63) is 30.1 Å². The molecule has 0 saturated carbocycles. The predicted molar refractivity (Wildman–Crippen MR) is 70.4 cm³/mol. The molecular weight excluding hydrogens is 308 g/mol. The Morgan fingerprint density at radius 1 is 1.21 bits per heavy atom. The van der Waals surface area contributed by atoms with Gasteiger partial charge in [0.2, 0.25) is 0 Å². The highest BCUT2D eigenvalue weighted by Gasteiger charge is 2.01. The second-order valence-electron chi connectivity index (χ2n) is 3.31. The van der Waals surface area contributed by atoms with E-state index in [4.69, 9.17) is 5.73 Å². The third kappa shape index (κ3) is 5.08. The molecule has 1 rings (SSSR count). The molecule has 1 heterocycles. The van der Waals surface area contributed by atoms with Gasteiger partial charge in [0.1, 0.15) is 0 Å². The molecule has 0 amide bonds. The van der Waals surface area contributed by atoms with Gasteiger partial charge in [-0.25, -0.2) is 4.57 Å². The zero-order valence-electron chi connectivity index (χ0n) is 8.64. The first kappa shape index (κ1) is 16.5. The number of aromatic nitrogens is 1. The molecule has 0 aliphatic rings. The Kier molecular flexibility index (Phi) is 9.88. The minimum absolute atomic E-state index is 0. The Balaban J connectivity index is 0. The number of nitrogens with zero attached hydrogens (tertiary/aromatic N) is 1. The Hall–Kier alpha value is 0.0700. The van der Waals surface area contributed by atoms with E-state index in [0.717, 1.165) is 6.54 Å². The van der Waals surface area contributed by atoms with Crippen molar-refractivity contribution in [1.29, 1.82) is 0 Å². The van der Waals surface area contributed by atoms with E-state index in [2.05, 4.69) is 42.9 Å². The minimum atomic E-state index is 0. The molecule has 0 saturated heterocycles. The van der Waals surface area contributed by atoms with Crippen LogP contribution in [-0.4, -0.2) is 6.54 Å². The van der Waals surface area contributed by atoms with E-state index in [-0.39, 0.29) is 34.0 Å². The molecular formula is C10H19Br2N2+. The van der Waals surface area contributed by atoms with Gasteiger partial charge in [-0.15, -0.1) is 34.0 Å². The molecule has 4 heteroatoms. The van der Waals surface area contributed by atoms with Crippen LogP contribution in [-0.2, 0) is 6.54 Å². The maximum atomic E-state index is 5.44. The van der Waals surface area contributed by atoms with Crippen LogP contribution in [0.5, 0.6) is 0 Å². The van der Waals surface area contributed by atoms with Gasteiger partial charge in [0.15, 0.2) is 18.9 Å². The summed E-state index contributed by atoms with van der Waals surface area (Å²) in [5.41, 5.74) is 6.82. The molecule has 0 atom stereocenters. The summed E-state index contributed by atoms with van der Waals surface area (Å²) in [6.45, 7) is 6.00. The van der Waals surface area contributed by atoms with E-state index in [1.807, 2.05) is 0 Å². The molecule has 0 spiro atoms. The number of nitrogens with two attached hydrogens (primary N) is 1. The number of hydrogen-bond acceptors (Lipinski definition) is 1. The zero-order chi connectivity index (χ0) is 8.97. The molecule has 0 aromatic carbocycles. The van der Waals surface area contributed by atoms with Gasteiger partial charge < -0.3 is 5.73 Å². The molecule has 82 valence electrons. The fraction of sp³-hybridized carbons (Fsp3) is 0.500. The van der Waals surface area contributed by atoms with E-state index in [1.54, 1.807) is 0 Å². The van der Waals surface area contributed by atoms with Crippen LogP contribution in [0.4, 0.5) is 0 Å². The van der Waals surface area contributed by atoms with Crippen molar-refractivity contribution >= 4 is 34.0 Å². The van der Waals surface area contributed by atoms with E-state index >= 15 is 0 Å². The van der Waals surface area contributed by atoms with Crippen LogP contribution >= 0.6 is 34.0 Å². The second-order valence-corrected chi connectivity index (χ2v) is 3.31. The Labute approximate surface area is 107 Å². The van der Waals surface area contributed by atoms with Crippen LogP contribution < -0.4 is 10.3 Å². The smallest absolute Gasteiger partial charge is 0.169 e. The summed E-state index contributed by atoms with van der Waals surface area (Å²) in [5.74, 6) is 0.609. The fourth-order valence-electron chi connectivity index (χ4n) is 1.15. The van der Waals surface area contributed by atoms with Crippen molar-refractivity contribution in [2.45, 2.75) is 26.3 Å². The average molecular weight is 327 g/mol. The van der Waals surface area contributed by atoms with Gasteiger partial charge in [0.25, 0.3) is 0 Å². The summed E-state index contributed by atoms with van der Waals surface area (Å²) in [4.78, 5) is 0. The molecule has 2 nitrogen and oxygen atoms in total. The molecule has 0 unspecified atom stereocenters. The maximum Gasteiger partial charge on any atom is 0.169 e. The Morgan fingerprint density at radius 3 is 2.07 bits per heavy atom. The lowest BCUT2D eigenvalue weighted by atomic mass is 10.1. The van der Waals surface area contributed by atoms with Crippen LogP contribution in [0.1, 0.15) is 25.3 Å². The predicted octanol–water partition coefficient (Wildman–Crippen LogP) is 2.21. The van der Waals surface area contributed by atoms with Crippen LogP contribution in [0, 0.1) is 0 Å². The van der Waals surface area contributed by atoms with Crippen LogP contribution in [0.3, 0.4) is 0 Å². The Morgan fingerprint density at radius 2 is 1.71 bits per heavy atom. The molecule has 2 N–H and O–H groups in total.